The van der Waals surface area contributed by atoms with Gasteiger partial charge in [-0.05, 0) is 42.9 Å². The van der Waals surface area contributed by atoms with E-state index >= 15 is 0 Å². The number of rotatable bonds is 4. The molecule has 3 heterocycles. The molecular formula is C21H28N4O3. The normalized spacial score (nSPS) is 20.1. The van der Waals surface area contributed by atoms with Gasteiger partial charge in [0.05, 0.1) is 12.8 Å². The number of nitrogens with zero attached hydrogens (tertiary/aromatic N) is 3. The molecule has 28 heavy (non-hydrogen) atoms. The number of nitrogens with one attached hydrogen (secondary N) is 1. The Morgan fingerprint density at radius 2 is 2.21 bits per heavy atom. The minimum Gasteiger partial charge on any atom is -0.504 e. The molecule has 150 valence electrons. The fourth-order valence-electron chi connectivity index (χ4n) is 4.23. The molecule has 0 amide bonds. The van der Waals surface area contributed by atoms with Crippen LogP contribution in [0.2, 0.25) is 0 Å². The van der Waals surface area contributed by atoms with E-state index in [0.29, 0.717) is 30.6 Å². The predicted octanol–water partition coefficient (Wildman–Crippen LogP) is 2.28. The fraction of sp³-hybridized carbons (Fsp3) is 0.524. The van der Waals surface area contributed by atoms with Crippen LogP contribution < -0.4 is 15.2 Å². The van der Waals surface area contributed by atoms with Gasteiger partial charge in [-0.25, -0.2) is 4.98 Å². The third-order valence-electron chi connectivity index (χ3n) is 5.75. The van der Waals surface area contributed by atoms with Crippen molar-refractivity contribution >= 4 is 5.95 Å². The predicted molar refractivity (Wildman–Crippen MR) is 108 cm³/mol. The number of aromatic amines is 1. The molecule has 2 N–H and O–H groups in total. The maximum absolute atomic E-state index is 12.6. The van der Waals surface area contributed by atoms with Gasteiger partial charge in [0.1, 0.15) is 0 Å². The smallest absolute Gasteiger partial charge is 0.255 e. The number of ether oxygens (including phenoxy) is 1. The summed E-state index contributed by atoms with van der Waals surface area (Å²) in [6, 6.07) is 5.42. The maximum atomic E-state index is 12.6. The molecule has 1 atom stereocenters. The molecule has 0 aliphatic carbocycles. The zero-order chi connectivity index (χ0) is 19.7. The summed E-state index contributed by atoms with van der Waals surface area (Å²) in [7, 11) is 1.55. The summed E-state index contributed by atoms with van der Waals surface area (Å²) in [6.07, 6.45) is 3.07. The highest BCUT2D eigenvalue weighted by Crippen LogP contribution is 2.28. The summed E-state index contributed by atoms with van der Waals surface area (Å²) >= 11 is 0. The van der Waals surface area contributed by atoms with Crippen LogP contribution in [0, 0.1) is 5.92 Å². The SMILES string of the molecule is COc1cc(CN2CCc3c(nc(N4CCC[C@@H](C)C4)[nH]c3=O)C2)ccc1O. The summed E-state index contributed by atoms with van der Waals surface area (Å²) in [4.78, 5) is 24.9. The first-order chi connectivity index (χ1) is 13.5. The summed E-state index contributed by atoms with van der Waals surface area (Å²) in [5.74, 6) is 1.95. The van der Waals surface area contributed by atoms with E-state index < -0.39 is 0 Å². The lowest BCUT2D eigenvalue weighted by Crippen LogP contribution is -2.39. The average molecular weight is 384 g/mol. The van der Waals surface area contributed by atoms with Gasteiger partial charge in [0.25, 0.3) is 5.56 Å². The molecule has 0 bridgehead atoms. The Labute approximate surface area is 165 Å². The maximum Gasteiger partial charge on any atom is 0.255 e. The first-order valence-corrected chi connectivity index (χ1v) is 9.98. The van der Waals surface area contributed by atoms with Gasteiger partial charge in [-0.1, -0.05) is 13.0 Å². The van der Waals surface area contributed by atoms with Crippen LogP contribution in [0.1, 0.15) is 36.6 Å². The van der Waals surface area contributed by atoms with Gasteiger partial charge in [0.15, 0.2) is 11.5 Å². The van der Waals surface area contributed by atoms with Crippen LogP contribution in [-0.2, 0) is 19.5 Å². The second-order valence-electron chi connectivity index (χ2n) is 7.98. The topological polar surface area (TPSA) is 81.7 Å². The number of piperidine rings is 1. The van der Waals surface area contributed by atoms with E-state index in [-0.39, 0.29) is 11.3 Å². The Hall–Kier alpha value is -2.54. The number of phenolic OH excluding ortho intramolecular Hbond substituents is 1. The van der Waals surface area contributed by atoms with E-state index in [1.165, 1.54) is 6.42 Å². The highest BCUT2D eigenvalue weighted by molar-refractivity contribution is 5.42. The van der Waals surface area contributed by atoms with E-state index in [0.717, 1.165) is 49.4 Å². The van der Waals surface area contributed by atoms with Crippen LogP contribution >= 0.6 is 0 Å². The second-order valence-corrected chi connectivity index (χ2v) is 7.98. The number of phenols is 1. The molecule has 2 aliphatic heterocycles. The second kappa shape index (κ2) is 7.83. The monoisotopic (exact) mass is 384 g/mol. The highest BCUT2D eigenvalue weighted by atomic mass is 16.5. The molecule has 2 aliphatic rings. The third kappa shape index (κ3) is 3.85. The van der Waals surface area contributed by atoms with Crippen molar-refractivity contribution in [2.75, 3.05) is 31.6 Å². The van der Waals surface area contributed by atoms with Gasteiger partial charge in [-0.3, -0.25) is 14.7 Å². The molecule has 1 fully saturated rings. The molecule has 7 heteroatoms. The van der Waals surface area contributed by atoms with Gasteiger partial charge < -0.3 is 14.7 Å². The zero-order valence-electron chi connectivity index (χ0n) is 16.6. The van der Waals surface area contributed by atoms with Crippen LogP contribution in [0.25, 0.3) is 0 Å². The molecule has 0 spiro atoms. The lowest BCUT2D eigenvalue weighted by Gasteiger charge is -2.33. The number of methoxy groups -OCH3 is 1. The summed E-state index contributed by atoms with van der Waals surface area (Å²) in [5.41, 5.74) is 2.76. The summed E-state index contributed by atoms with van der Waals surface area (Å²) in [6.45, 7) is 6.32. The number of anilines is 1. The lowest BCUT2D eigenvalue weighted by atomic mass is 10.0. The average Bonchev–Trinajstić information content (AvgIpc) is 2.69. The number of H-pyrrole nitrogens is 1. The number of aromatic nitrogens is 2. The van der Waals surface area contributed by atoms with Gasteiger partial charge >= 0.3 is 0 Å². The van der Waals surface area contributed by atoms with E-state index in [2.05, 4.69) is 21.7 Å². The van der Waals surface area contributed by atoms with Crippen LogP contribution in [0.4, 0.5) is 5.95 Å². The molecule has 1 aromatic heterocycles. The van der Waals surface area contributed by atoms with Crippen LogP contribution in [-0.4, -0.2) is 46.7 Å². The fourth-order valence-corrected chi connectivity index (χ4v) is 4.23. The number of benzene rings is 1. The van der Waals surface area contributed by atoms with Crippen molar-refractivity contribution in [3.05, 3.63) is 45.4 Å². The van der Waals surface area contributed by atoms with Crippen molar-refractivity contribution in [1.29, 1.82) is 0 Å². The molecule has 1 aromatic carbocycles. The lowest BCUT2D eigenvalue weighted by molar-refractivity contribution is 0.240. The van der Waals surface area contributed by atoms with Crippen LogP contribution in [0.5, 0.6) is 11.5 Å². The Morgan fingerprint density at radius 3 is 3.00 bits per heavy atom. The van der Waals surface area contributed by atoms with Crippen molar-refractivity contribution in [3.63, 3.8) is 0 Å². The molecule has 4 rings (SSSR count). The molecule has 0 radical (unpaired) electrons. The largest absolute Gasteiger partial charge is 0.504 e. The van der Waals surface area contributed by atoms with Crippen molar-refractivity contribution in [2.45, 2.75) is 39.3 Å². The standard InChI is InChI=1S/C21H28N4O3/c1-14-4-3-8-25(11-14)21-22-17-13-24(9-7-16(17)20(27)23-21)12-15-5-6-18(26)19(10-15)28-2/h5-6,10,14,26H,3-4,7-9,11-13H2,1-2H3,(H,22,23,27)/t14-/m1/s1. The van der Waals surface area contributed by atoms with Gasteiger partial charge in [0, 0.05) is 38.3 Å². The molecule has 7 nitrogen and oxygen atoms in total. The Kier molecular flexibility index (Phi) is 5.26. The van der Waals surface area contributed by atoms with Crippen LogP contribution in [0.15, 0.2) is 23.0 Å². The van der Waals surface area contributed by atoms with Gasteiger partial charge in [-0.2, -0.15) is 0 Å². The highest BCUT2D eigenvalue weighted by Gasteiger charge is 2.24. The molecule has 0 unspecified atom stereocenters. The molecule has 2 aromatic rings. The molecule has 0 saturated carbocycles. The number of hydrogen-bond acceptors (Lipinski definition) is 6. The summed E-state index contributed by atoms with van der Waals surface area (Å²) < 4.78 is 5.21. The van der Waals surface area contributed by atoms with Gasteiger partial charge in [0.2, 0.25) is 5.95 Å². The van der Waals surface area contributed by atoms with Crippen molar-refractivity contribution in [2.24, 2.45) is 5.92 Å². The van der Waals surface area contributed by atoms with E-state index in [1.54, 1.807) is 13.2 Å². The zero-order valence-corrected chi connectivity index (χ0v) is 16.6. The van der Waals surface area contributed by atoms with Crippen molar-refractivity contribution < 1.29 is 9.84 Å². The van der Waals surface area contributed by atoms with Crippen LogP contribution in [0.3, 0.4) is 0 Å². The van der Waals surface area contributed by atoms with Crippen molar-refractivity contribution in [3.8, 4) is 11.5 Å². The first-order valence-electron chi connectivity index (χ1n) is 9.98. The minimum atomic E-state index is 0.00387. The van der Waals surface area contributed by atoms with E-state index in [4.69, 9.17) is 9.72 Å². The summed E-state index contributed by atoms with van der Waals surface area (Å²) in [5, 5.41) is 9.78. The van der Waals surface area contributed by atoms with Gasteiger partial charge in [-0.15, -0.1) is 0 Å². The number of fused-ring (bicyclic) bond motifs is 1. The Balaban J connectivity index is 1.53. The van der Waals surface area contributed by atoms with Crippen molar-refractivity contribution in [1.82, 2.24) is 14.9 Å². The minimum absolute atomic E-state index is 0.00387. The Bertz CT molecular complexity index is 911. The Morgan fingerprint density at radius 1 is 1.36 bits per heavy atom. The quantitative estimate of drug-likeness (QED) is 0.842. The molecular weight excluding hydrogens is 356 g/mol. The number of aromatic hydroxyl groups is 1. The number of hydrogen-bond donors (Lipinski definition) is 2. The van der Waals surface area contributed by atoms with E-state index in [9.17, 15) is 9.90 Å². The third-order valence-corrected chi connectivity index (χ3v) is 5.75. The van der Waals surface area contributed by atoms with E-state index in [1.807, 2.05) is 12.1 Å². The molecule has 1 saturated heterocycles. The first kappa shape index (κ1) is 18.8.